The fraction of sp³-hybridized carbons (Fsp3) is 0.111. The van der Waals surface area contributed by atoms with Gasteiger partial charge in [-0.05, 0) is 29.8 Å². The lowest BCUT2D eigenvalue weighted by Gasteiger charge is -2.07. The molecule has 1 N–H and O–H groups in total. The Morgan fingerprint density at radius 2 is 2.08 bits per heavy atom. The van der Waals surface area contributed by atoms with Crippen LogP contribution in [0.5, 0.6) is 5.75 Å². The van der Waals surface area contributed by atoms with E-state index in [4.69, 9.17) is 4.74 Å². The molecule has 1 aliphatic rings. The summed E-state index contributed by atoms with van der Waals surface area (Å²) in [6, 6.07) is 11.4. The summed E-state index contributed by atoms with van der Waals surface area (Å²) in [5.74, 6) is 0.189. The third-order valence-corrected chi connectivity index (χ3v) is 5.70. The standard InChI is InChI=1S/C18H15N3O4S/c22-18(16-3-1-2-8-19-16)20-14-6-9-21(12-14)26(23,24)15-5-4-13-7-10-25-17(13)11-15/h1-6,8-9,11-12H,7,10H2,(H,20,22). The number of aromatic nitrogens is 2. The van der Waals surface area contributed by atoms with Crippen molar-refractivity contribution in [2.24, 2.45) is 0 Å². The molecule has 0 bridgehead atoms. The summed E-state index contributed by atoms with van der Waals surface area (Å²) in [4.78, 5) is 16.2. The molecule has 3 heterocycles. The van der Waals surface area contributed by atoms with E-state index in [1.54, 1.807) is 30.3 Å². The fourth-order valence-corrected chi connectivity index (χ4v) is 3.93. The van der Waals surface area contributed by atoms with Crippen molar-refractivity contribution in [1.82, 2.24) is 8.96 Å². The molecular weight excluding hydrogens is 354 g/mol. The van der Waals surface area contributed by atoms with Gasteiger partial charge in [0.05, 0.1) is 17.2 Å². The molecule has 1 aliphatic heterocycles. The van der Waals surface area contributed by atoms with Gasteiger partial charge in [-0.25, -0.2) is 12.4 Å². The van der Waals surface area contributed by atoms with Crippen molar-refractivity contribution < 1.29 is 17.9 Å². The number of amides is 1. The van der Waals surface area contributed by atoms with Crippen molar-refractivity contribution >= 4 is 21.6 Å². The minimum absolute atomic E-state index is 0.136. The first-order valence-corrected chi connectivity index (χ1v) is 9.40. The molecule has 0 saturated heterocycles. The summed E-state index contributed by atoms with van der Waals surface area (Å²) in [6.07, 6.45) is 5.03. The maximum absolute atomic E-state index is 12.8. The van der Waals surface area contributed by atoms with Gasteiger partial charge in [0.2, 0.25) is 0 Å². The van der Waals surface area contributed by atoms with Crippen LogP contribution in [0.1, 0.15) is 16.1 Å². The summed E-state index contributed by atoms with van der Waals surface area (Å²) in [7, 11) is -3.77. The van der Waals surface area contributed by atoms with E-state index in [-0.39, 0.29) is 10.6 Å². The largest absolute Gasteiger partial charge is 0.493 e. The second kappa shape index (κ2) is 6.30. The molecule has 3 aromatic rings. The Hall–Kier alpha value is -3.13. The monoisotopic (exact) mass is 369 g/mol. The molecule has 0 unspecified atom stereocenters. The van der Waals surface area contributed by atoms with E-state index in [1.807, 2.05) is 0 Å². The van der Waals surface area contributed by atoms with E-state index in [9.17, 15) is 13.2 Å². The van der Waals surface area contributed by atoms with Crippen LogP contribution in [0.2, 0.25) is 0 Å². The van der Waals surface area contributed by atoms with Crippen molar-refractivity contribution in [2.75, 3.05) is 11.9 Å². The Bertz CT molecular complexity index is 1070. The highest BCUT2D eigenvalue weighted by Crippen LogP contribution is 2.29. The first-order chi connectivity index (χ1) is 12.5. The van der Waals surface area contributed by atoms with Gasteiger partial charge in [0.1, 0.15) is 11.4 Å². The molecule has 1 amide bonds. The molecule has 0 aliphatic carbocycles. The minimum atomic E-state index is -3.77. The maximum atomic E-state index is 12.8. The summed E-state index contributed by atoms with van der Waals surface area (Å²) < 4.78 is 32.1. The third kappa shape index (κ3) is 2.95. The first-order valence-electron chi connectivity index (χ1n) is 7.96. The Kier molecular flexibility index (Phi) is 3.96. The summed E-state index contributed by atoms with van der Waals surface area (Å²) >= 11 is 0. The van der Waals surface area contributed by atoms with Crippen LogP contribution in [-0.2, 0) is 16.4 Å². The molecule has 0 atom stereocenters. The second-order valence-electron chi connectivity index (χ2n) is 5.77. The number of nitrogens with one attached hydrogen (secondary N) is 1. The number of benzene rings is 1. The van der Waals surface area contributed by atoms with Gasteiger partial charge < -0.3 is 10.1 Å². The summed E-state index contributed by atoms with van der Waals surface area (Å²) in [5, 5.41) is 2.63. The second-order valence-corrected chi connectivity index (χ2v) is 7.62. The summed E-state index contributed by atoms with van der Waals surface area (Å²) in [5.41, 5.74) is 1.61. The number of rotatable bonds is 4. The van der Waals surface area contributed by atoms with Crippen molar-refractivity contribution in [1.29, 1.82) is 0 Å². The summed E-state index contributed by atoms with van der Waals surface area (Å²) in [6.45, 7) is 0.562. The number of nitrogens with zero attached hydrogens (tertiary/aromatic N) is 2. The number of carbonyl (C=O) groups excluding carboxylic acids is 1. The van der Waals surface area contributed by atoms with E-state index in [2.05, 4.69) is 10.3 Å². The Morgan fingerprint density at radius 1 is 1.19 bits per heavy atom. The maximum Gasteiger partial charge on any atom is 0.274 e. The van der Waals surface area contributed by atoms with Gasteiger partial charge in [-0.2, -0.15) is 0 Å². The van der Waals surface area contributed by atoms with E-state index < -0.39 is 15.9 Å². The number of fused-ring (bicyclic) bond motifs is 1. The van der Waals surface area contributed by atoms with Gasteiger partial charge in [-0.1, -0.05) is 12.1 Å². The van der Waals surface area contributed by atoms with E-state index >= 15 is 0 Å². The number of anilines is 1. The molecule has 0 saturated carbocycles. The molecule has 4 rings (SSSR count). The number of hydrogen-bond donors (Lipinski definition) is 1. The highest BCUT2D eigenvalue weighted by atomic mass is 32.2. The van der Waals surface area contributed by atoms with Crippen LogP contribution in [0, 0.1) is 0 Å². The molecule has 0 fully saturated rings. The zero-order chi connectivity index (χ0) is 18.1. The van der Waals surface area contributed by atoms with E-state index in [0.717, 1.165) is 16.0 Å². The average molecular weight is 369 g/mol. The van der Waals surface area contributed by atoms with Crippen LogP contribution in [0.3, 0.4) is 0 Å². The quantitative estimate of drug-likeness (QED) is 0.762. The highest BCUT2D eigenvalue weighted by Gasteiger charge is 2.21. The minimum Gasteiger partial charge on any atom is -0.493 e. The van der Waals surface area contributed by atoms with Crippen LogP contribution in [-0.4, -0.2) is 29.9 Å². The molecule has 8 heteroatoms. The van der Waals surface area contributed by atoms with Gasteiger partial charge >= 0.3 is 0 Å². The molecule has 2 aromatic heterocycles. The van der Waals surface area contributed by atoms with Gasteiger partial charge in [0.15, 0.2) is 0 Å². The number of hydrogen-bond acceptors (Lipinski definition) is 5. The molecule has 26 heavy (non-hydrogen) atoms. The van der Waals surface area contributed by atoms with Crippen LogP contribution in [0.4, 0.5) is 5.69 Å². The van der Waals surface area contributed by atoms with Crippen molar-refractivity contribution in [3.05, 3.63) is 72.3 Å². The van der Waals surface area contributed by atoms with Crippen LogP contribution >= 0.6 is 0 Å². The molecule has 1 aromatic carbocycles. The lowest BCUT2D eigenvalue weighted by molar-refractivity contribution is 0.102. The number of carbonyl (C=O) groups is 1. The van der Waals surface area contributed by atoms with Crippen LogP contribution in [0.25, 0.3) is 0 Å². The van der Waals surface area contributed by atoms with E-state index in [0.29, 0.717) is 18.0 Å². The fourth-order valence-electron chi connectivity index (χ4n) is 2.72. The number of ether oxygens (including phenoxy) is 1. The molecule has 0 radical (unpaired) electrons. The highest BCUT2D eigenvalue weighted by molar-refractivity contribution is 7.90. The SMILES string of the molecule is O=C(Nc1ccn(S(=O)(=O)c2ccc3c(c2)OCC3)c1)c1ccccn1. The lowest BCUT2D eigenvalue weighted by Crippen LogP contribution is -2.14. The molecular formula is C18H15N3O4S. The van der Waals surface area contributed by atoms with Gasteiger partial charge in [0, 0.05) is 31.1 Å². The Balaban J connectivity index is 1.58. The molecule has 0 spiro atoms. The van der Waals surface area contributed by atoms with Crippen molar-refractivity contribution in [3.8, 4) is 5.75 Å². The predicted octanol–water partition coefficient (Wildman–Crippen LogP) is 2.31. The Labute approximate surface area is 150 Å². The zero-order valence-electron chi connectivity index (χ0n) is 13.6. The van der Waals surface area contributed by atoms with Crippen LogP contribution < -0.4 is 10.1 Å². The molecule has 132 valence electrons. The first kappa shape index (κ1) is 16.3. The lowest BCUT2D eigenvalue weighted by atomic mass is 10.2. The smallest absolute Gasteiger partial charge is 0.274 e. The van der Waals surface area contributed by atoms with Gasteiger partial charge in [-0.15, -0.1) is 0 Å². The topological polar surface area (TPSA) is 90.3 Å². The van der Waals surface area contributed by atoms with Crippen molar-refractivity contribution in [3.63, 3.8) is 0 Å². The third-order valence-electron chi connectivity index (χ3n) is 4.07. The van der Waals surface area contributed by atoms with Gasteiger partial charge in [0.25, 0.3) is 15.9 Å². The Morgan fingerprint density at radius 3 is 2.88 bits per heavy atom. The number of pyridine rings is 1. The van der Waals surface area contributed by atoms with E-state index in [1.165, 1.54) is 30.7 Å². The van der Waals surface area contributed by atoms with Crippen molar-refractivity contribution in [2.45, 2.75) is 11.3 Å². The van der Waals surface area contributed by atoms with Crippen LogP contribution in [0.15, 0.2) is 66.0 Å². The average Bonchev–Trinajstić information content (AvgIpc) is 3.31. The predicted molar refractivity (Wildman–Crippen MR) is 94.8 cm³/mol. The molecule has 7 nitrogen and oxygen atoms in total. The van der Waals surface area contributed by atoms with Gasteiger partial charge in [-0.3, -0.25) is 9.78 Å². The normalized spacial score (nSPS) is 13.1. The zero-order valence-corrected chi connectivity index (χ0v) is 14.4.